The Morgan fingerprint density at radius 1 is 1.23 bits per heavy atom. The minimum absolute atomic E-state index is 0.284. The summed E-state index contributed by atoms with van der Waals surface area (Å²) in [7, 11) is 0. The molecular weight excluding hydrogens is 386 g/mol. The van der Waals surface area contributed by atoms with E-state index in [0.29, 0.717) is 16.7 Å². The van der Waals surface area contributed by atoms with Crippen molar-refractivity contribution in [1.82, 2.24) is 10.3 Å². The molecule has 0 aliphatic rings. The molecule has 1 heterocycles. The second kappa shape index (κ2) is 6.64. The van der Waals surface area contributed by atoms with E-state index in [0.717, 1.165) is 20.3 Å². The molecule has 4 nitrogen and oxygen atoms in total. The highest BCUT2D eigenvalue weighted by molar-refractivity contribution is 9.10. The normalized spacial score (nSPS) is 10.6. The molecule has 2 aromatic carbocycles. The molecule has 3 rings (SSSR count). The lowest BCUT2D eigenvalue weighted by Gasteiger charge is -2.05. The zero-order valence-electron chi connectivity index (χ0n) is 11.3. The maximum absolute atomic E-state index is 11.9. The number of carbonyl (C=O) groups excluding carboxylic acids is 1. The number of nitrogens with one attached hydrogen (secondary N) is 2. The highest BCUT2D eigenvalue weighted by atomic mass is 79.9. The lowest BCUT2D eigenvalue weighted by molar-refractivity contribution is 0.251. The molecule has 2 N–H and O–H groups in total. The van der Waals surface area contributed by atoms with Crippen molar-refractivity contribution in [3.8, 4) is 0 Å². The first kappa shape index (κ1) is 15.3. The van der Waals surface area contributed by atoms with Crippen molar-refractivity contribution in [2.75, 3.05) is 5.32 Å². The van der Waals surface area contributed by atoms with Gasteiger partial charge in [0.15, 0.2) is 5.13 Å². The highest BCUT2D eigenvalue weighted by Gasteiger charge is 2.07. The van der Waals surface area contributed by atoms with Crippen molar-refractivity contribution in [3.63, 3.8) is 0 Å². The number of urea groups is 1. The Kier molecular flexibility index (Phi) is 4.61. The van der Waals surface area contributed by atoms with E-state index in [1.807, 2.05) is 30.3 Å². The third kappa shape index (κ3) is 3.76. The summed E-state index contributed by atoms with van der Waals surface area (Å²) in [5.41, 5.74) is 1.84. The van der Waals surface area contributed by atoms with Gasteiger partial charge in [-0.3, -0.25) is 5.32 Å². The fourth-order valence-electron chi connectivity index (χ4n) is 1.88. The smallest absolute Gasteiger partial charge is 0.321 e. The van der Waals surface area contributed by atoms with Gasteiger partial charge >= 0.3 is 6.03 Å². The predicted molar refractivity (Wildman–Crippen MR) is 94.6 cm³/mol. The molecule has 0 saturated heterocycles. The van der Waals surface area contributed by atoms with Crippen molar-refractivity contribution in [2.45, 2.75) is 6.54 Å². The van der Waals surface area contributed by atoms with Gasteiger partial charge in [0.05, 0.1) is 10.2 Å². The van der Waals surface area contributed by atoms with Crippen LogP contribution in [0.5, 0.6) is 0 Å². The summed E-state index contributed by atoms with van der Waals surface area (Å²) in [4.78, 5) is 16.3. The lowest BCUT2D eigenvalue weighted by atomic mass is 10.2. The van der Waals surface area contributed by atoms with E-state index < -0.39 is 0 Å². The summed E-state index contributed by atoms with van der Waals surface area (Å²) in [5.74, 6) is 0. The van der Waals surface area contributed by atoms with Crippen molar-refractivity contribution in [1.29, 1.82) is 0 Å². The molecule has 3 aromatic rings. The van der Waals surface area contributed by atoms with E-state index in [2.05, 4.69) is 31.5 Å². The Morgan fingerprint density at radius 3 is 2.77 bits per heavy atom. The molecular formula is C15H11BrClN3OS. The van der Waals surface area contributed by atoms with Gasteiger partial charge < -0.3 is 5.32 Å². The van der Waals surface area contributed by atoms with Gasteiger partial charge in [0.2, 0.25) is 0 Å². The summed E-state index contributed by atoms with van der Waals surface area (Å²) in [6.45, 7) is 0.430. The molecule has 22 heavy (non-hydrogen) atoms. The number of amides is 2. The summed E-state index contributed by atoms with van der Waals surface area (Å²) in [5, 5.41) is 6.78. The summed E-state index contributed by atoms with van der Waals surface area (Å²) in [6.07, 6.45) is 0. The van der Waals surface area contributed by atoms with E-state index in [-0.39, 0.29) is 6.03 Å². The Balaban J connectivity index is 1.61. The SMILES string of the molecule is O=C(NCc1ccc(Cl)cc1)Nc1nc2ccc(Br)cc2s1. The molecule has 0 fully saturated rings. The molecule has 0 aliphatic heterocycles. The molecule has 2 amide bonds. The molecule has 7 heteroatoms. The Bertz CT molecular complexity index is 819. The summed E-state index contributed by atoms with van der Waals surface area (Å²) >= 11 is 10.7. The van der Waals surface area contributed by atoms with Gasteiger partial charge in [-0.1, -0.05) is 51.0 Å². The fourth-order valence-corrected chi connectivity index (χ4v) is 3.42. The largest absolute Gasteiger partial charge is 0.334 e. The van der Waals surface area contributed by atoms with Crippen LogP contribution < -0.4 is 10.6 Å². The maximum Gasteiger partial charge on any atom is 0.321 e. The first-order chi connectivity index (χ1) is 10.6. The van der Waals surface area contributed by atoms with E-state index in [9.17, 15) is 4.79 Å². The number of carbonyl (C=O) groups is 1. The minimum atomic E-state index is -0.284. The monoisotopic (exact) mass is 395 g/mol. The third-order valence-electron chi connectivity index (χ3n) is 2.94. The van der Waals surface area contributed by atoms with Crippen molar-refractivity contribution < 1.29 is 4.79 Å². The Labute approximate surface area is 144 Å². The Hall–Kier alpha value is -1.63. The number of hydrogen-bond donors (Lipinski definition) is 2. The van der Waals surface area contributed by atoms with Crippen LogP contribution in [0.2, 0.25) is 5.02 Å². The average Bonchev–Trinajstić information content (AvgIpc) is 2.88. The molecule has 0 radical (unpaired) electrons. The highest BCUT2D eigenvalue weighted by Crippen LogP contribution is 2.28. The Morgan fingerprint density at radius 2 is 2.00 bits per heavy atom. The molecule has 0 unspecified atom stereocenters. The summed E-state index contributed by atoms with van der Waals surface area (Å²) in [6, 6.07) is 12.9. The van der Waals surface area contributed by atoms with Gasteiger partial charge in [-0.2, -0.15) is 0 Å². The van der Waals surface area contributed by atoms with Crippen LogP contribution in [-0.4, -0.2) is 11.0 Å². The number of benzene rings is 2. The van der Waals surface area contributed by atoms with Crippen LogP contribution in [0.4, 0.5) is 9.93 Å². The van der Waals surface area contributed by atoms with E-state index >= 15 is 0 Å². The average molecular weight is 397 g/mol. The van der Waals surface area contributed by atoms with E-state index in [1.165, 1.54) is 11.3 Å². The van der Waals surface area contributed by atoms with Crippen LogP contribution >= 0.6 is 38.9 Å². The van der Waals surface area contributed by atoms with Gasteiger partial charge in [-0.25, -0.2) is 9.78 Å². The van der Waals surface area contributed by atoms with Crippen LogP contribution in [0, 0.1) is 0 Å². The summed E-state index contributed by atoms with van der Waals surface area (Å²) < 4.78 is 2.00. The molecule has 0 spiro atoms. The van der Waals surface area contributed by atoms with Gasteiger partial charge in [0, 0.05) is 16.0 Å². The van der Waals surface area contributed by atoms with Crippen molar-refractivity contribution in [2.24, 2.45) is 0 Å². The molecule has 112 valence electrons. The number of anilines is 1. The standard InChI is InChI=1S/C15H11BrClN3OS/c16-10-3-6-12-13(7-10)22-15(19-12)20-14(21)18-8-9-1-4-11(17)5-2-9/h1-7H,8H2,(H2,18,19,20,21). The zero-order valence-corrected chi connectivity index (χ0v) is 14.4. The first-order valence-corrected chi connectivity index (χ1v) is 8.44. The number of aromatic nitrogens is 1. The van der Waals surface area contributed by atoms with Crippen LogP contribution in [-0.2, 0) is 6.54 Å². The van der Waals surface area contributed by atoms with Gasteiger partial charge in [0.1, 0.15) is 0 Å². The number of thiazole rings is 1. The van der Waals surface area contributed by atoms with Gasteiger partial charge in [-0.15, -0.1) is 0 Å². The van der Waals surface area contributed by atoms with E-state index in [1.54, 1.807) is 12.1 Å². The molecule has 0 aliphatic carbocycles. The first-order valence-electron chi connectivity index (χ1n) is 6.45. The molecule has 0 atom stereocenters. The molecule has 1 aromatic heterocycles. The number of nitrogens with zero attached hydrogens (tertiary/aromatic N) is 1. The van der Waals surface area contributed by atoms with Gasteiger partial charge in [-0.05, 0) is 35.9 Å². The second-order valence-electron chi connectivity index (χ2n) is 4.57. The number of fused-ring (bicyclic) bond motifs is 1. The zero-order chi connectivity index (χ0) is 15.5. The lowest BCUT2D eigenvalue weighted by Crippen LogP contribution is -2.28. The van der Waals surface area contributed by atoms with Crippen LogP contribution in [0.25, 0.3) is 10.2 Å². The number of rotatable bonds is 3. The topological polar surface area (TPSA) is 54.0 Å². The molecule has 0 bridgehead atoms. The number of halogens is 2. The number of hydrogen-bond acceptors (Lipinski definition) is 3. The predicted octanol–water partition coefficient (Wildman–Crippen LogP) is 5.03. The third-order valence-corrected chi connectivity index (χ3v) is 4.62. The quantitative estimate of drug-likeness (QED) is 0.652. The minimum Gasteiger partial charge on any atom is -0.334 e. The molecule has 0 saturated carbocycles. The van der Waals surface area contributed by atoms with Gasteiger partial charge in [0.25, 0.3) is 0 Å². The van der Waals surface area contributed by atoms with Crippen molar-refractivity contribution >= 4 is 60.2 Å². The van der Waals surface area contributed by atoms with Crippen LogP contribution in [0.15, 0.2) is 46.9 Å². The second-order valence-corrected chi connectivity index (χ2v) is 6.95. The van der Waals surface area contributed by atoms with E-state index in [4.69, 9.17) is 11.6 Å². The maximum atomic E-state index is 11.9. The van der Waals surface area contributed by atoms with Crippen molar-refractivity contribution in [3.05, 3.63) is 57.5 Å². The van der Waals surface area contributed by atoms with Crippen LogP contribution in [0.1, 0.15) is 5.56 Å². The fraction of sp³-hybridized carbons (Fsp3) is 0.0667. The van der Waals surface area contributed by atoms with Crippen LogP contribution in [0.3, 0.4) is 0 Å².